The largest absolute Gasteiger partial charge is 0.416 e. The fraction of sp³-hybridized carbons (Fsp3) is 0.105. The first kappa shape index (κ1) is 20.2. The van der Waals surface area contributed by atoms with Crippen molar-refractivity contribution < 1.29 is 21.6 Å². The predicted molar refractivity (Wildman–Crippen MR) is 104 cm³/mol. The number of nitrogen functional groups attached to an aromatic ring is 1. The number of alkyl halides is 3. The summed E-state index contributed by atoms with van der Waals surface area (Å²) < 4.78 is 60.2. The van der Waals surface area contributed by atoms with Crippen LogP contribution in [0.3, 0.4) is 0 Å². The third-order valence-electron chi connectivity index (χ3n) is 4.10. The summed E-state index contributed by atoms with van der Waals surface area (Å²) in [6, 6.07) is 11.6. The van der Waals surface area contributed by atoms with E-state index >= 15 is 0 Å². The van der Waals surface area contributed by atoms with Crippen LogP contribution in [0, 0.1) is 0 Å². The van der Waals surface area contributed by atoms with Crippen molar-refractivity contribution in [2.75, 3.05) is 5.73 Å². The first-order chi connectivity index (χ1) is 13.1. The standard InChI is InChI=1S/C19H14ClF3N2O2S/c20-17-8-14(19(21,22)23)5-6-15(17)16-7-13(9-25-18(16)24)12-3-1-11(2-4-12)10-28(26)27/h1-9,28H,10H2,(H2,24,25). The molecule has 2 N–H and O–H groups in total. The molecule has 3 aromatic rings. The third kappa shape index (κ3) is 4.45. The van der Waals surface area contributed by atoms with Crippen molar-refractivity contribution >= 4 is 28.1 Å². The molecular weight excluding hydrogens is 413 g/mol. The number of rotatable bonds is 4. The zero-order chi connectivity index (χ0) is 20.5. The van der Waals surface area contributed by atoms with Crippen LogP contribution < -0.4 is 5.73 Å². The first-order valence-corrected chi connectivity index (χ1v) is 9.73. The maximum Gasteiger partial charge on any atom is 0.416 e. The van der Waals surface area contributed by atoms with Gasteiger partial charge in [-0.25, -0.2) is 13.4 Å². The van der Waals surface area contributed by atoms with E-state index in [2.05, 4.69) is 4.98 Å². The van der Waals surface area contributed by atoms with Crippen molar-refractivity contribution in [1.29, 1.82) is 0 Å². The van der Waals surface area contributed by atoms with E-state index in [0.29, 0.717) is 22.3 Å². The third-order valence-corrected chi connectivity index (χ3v) is 5.04. The summed E-state index contributed by atoms with van der Waals surface area (Å²) in [4.78, 5) is 4.12. The van der Waals surface area contributed by atoms with Gasteiger partial charge in [0.15, 0.2) is 0 Å². The maximum absolute atomic E-state index is 12.8. The molecule has 0 aliphatic carbocycles. The van der Waals surface area contributed by atoms with Crippen molar-refractivity contribution in [2.45, 2.75) is 11.9 Å². The molecule has 0 unspecified atom stereocenters. The molecule has 0 atom stereocenters. The molecule has 9 heteroatoms. The molecule has 3 rings (SSSR count). The number of nitrogens with two attached hydrogens (primary N) is 1. The summed E-state index contributed by atoms with van der Waals surface area (Å²) in [6.07, 6.45) is -2.97. The lowest BCUT2D eigenvalue weighted by Crippen LogP contribution is -2.05. The van der Waals surface area contributed by atoms with Gasteiger partial charge < -0.3 is 5.73 Å². The number of anilines is 1. The molecule has 0 bridgehead atoms. The first-order valence-electron chi connectivity index (χ1n) is 7.99. The second kappa shape index (κ2) is 7.81. The molecule has 0 saturated carbocycles. The van der Waals surface area contributed by atoms with Gasteiger partial charge in [-0.05, 0) is 29.3 Å². The molecule has 2 aromatic carbocycles. The van der Waals surface area contributed by atoms with E-state index in [-0.39, 0.29) is 16.6 Å². The van der Waals surface area contributed by atoms with Crippen LogP contribution in [0.4, 0.5) is 19.0 Å². The molecule has 28 heavy (non-hydrogen) atoms. The van der Waals surface area contributed by atoms with Crippen molar-refractivity contribution in [1.82, 2.24) is 4.98 Å². The molecule has 0 spiro atoms. The van der Waals surface area contributed by atoms with Crippen LogP contribution in [0.15, 0.2) is 54.7 Å². The summed E-state index contributed by atoms with van der Waals surface area (Å²) in [5, 5.41) is -0.0879. The van der Waals surface area contributed by atoms with E-state index in [1.54, 1.807) is 30.3 Å². The van der Waals surface area contributed by atoms with Gasteiger partial charge in [0.2, 0.25) is 0 Å². The lowest BCUT2D eigenvalue weighted by Gasteiger charge is -2.13. The Kier molecular flexibility index (Phi) is 5.62. The maximum atomic E-state index is 12.8. The molecule has 4 nitrogen and oxygen atoms in total. The number of pyridine rings is 1. The average molecular weight is 427 g/mol. The van der Waals surface area contributed by atoms with Crippen LogP contribution in [0.25, 0.3) is 22.3 Å². The number of hydrogen-bond acceptors (Lipinski definition) is 4. The van der Waals surface area contributed by atoms with Crippen molar-refractivity contribution in [2.24, 2.45) is 0 Å². The van der Waals surface area contributed by atoms with Gasteiger partial charge in [0.25, 0.3) is 0 Å². The van der Waals surface area contributed by atoms with E-state index in [0.717, 1.165) is 17.7 Å². The summed E-state index contributed by atoms with van der Waals surface area (Å²) >= 11 is 6.07. The Morgan fingerprint density at radius 2 is 1.64 bits per heavy atom. The molecule has 146 valence electrons. The normalized spacial score (nSPS) is 11.8. The van der Waals surface area contributed by atoms with Crippen LogP contribution in [-0.2, 0) is 22.6 Å². The van der Waals surface area contributed by atoms with E-state index in [1.807, 2.05) is 0 Å². The lowest BCUT2D eigenvalue weighted by molar-refractivity contribution is -0.137. The van der Waals surface area contributed by atoms with Crippen LogP contribution in [0.2, 0.25) is 5.02 Å². The molecule has 0 saturated heterocycles. The second-order valence-electron chi connectivity index (χ2n) is 6.04. The quantitative estimate of drug-likeness (QED) is 0.589. The summed E-state index contributed by atoms with van der Waals surface area (Å²) in [7, 11) is -2.52. The fourth-order valence-corrected chi connectivity index (χ4v) is 3.50. The minimum atomic E-state index is -4.50. The van der Waals surface area contributed by atoms with E-state index in [4.69, 9.17) is 17.3 Å². The summed E-state index contributed by atoms with van der Waals surface area (Å²) in [6.45, 7) is 0. The zero-order valence-electron chi connectivity index (χ0n) is 14.2. The van der Waals surface area contributed by atoms with Crippen LogP contribution in [0.1, 0.15) is 11.1 Å². The fourth-order valence-electron chi connectivity index (χ4n) is 2.71. The number of hydrogen-bond donors (Lipinski definition) is 2. The Morgan fingerprint density at radius 1 is 0.964 bits per heavy atom. The smallest absolute Gasteiger partial charge is 0.383 e. The number of benzene rings is 2. The van der Waals surface area contributed by atoms with Crippen molar-refractivity contribution in [3.8, 4) is 22.3 Å². The van der Waals surface area contributed by atoms with Crippen molar-refractivity contribution in [3.05, 3.63) is 70.9 Å². The van der Waals surface area contributed by atoms with Gasteiger partial charge in [-0.2, -0.15) is 13.2 Å². The molecule has 1 aromatic heterocycles. The van der Waals surface area contributed by atoms with E-state index in [1.165, 1.54) is 12.3 Å². The van der Waals surface area contributed by atoms with Gasteiger partial charge >= 0.3 is 6.18 Å². The van der Waals surface area contributed by atoms with Crippen LogP contribution in [0.5, 0.6) is 0 Å². The van der Waals surface area contributed by atoms with Gasteiger partial charge in [-0.1, -0.05) is 41.9 Å². The number of thiol groups is 1. The number of halogens is 4. The molecule has 0 aliphatic heterocycles. The lowest BCUT2D eigenvalue weighted by atomic mass is 9.99. The highest BCUT2D eigenvalue weighted by molar-refractivity contribution is 7.71. The molecule has 0 amide bonds. The number of nitrogens with zero attached hydrogens (tertiary/aromatic N) is 1. The SMILES string of the molecule is Nc1ncc(-c2ccc(C[SH](=O)=O)cc2)cc1-c1ccc(C(F)(F)F)cc1Cl. The van der Waals surface area contributed by atoms with E-state index in [9.17, 15) is 21.6 Å². The Bertz CT molecular complexity index is 1090. The van der Waals surface area contributed by atoms with Gasteiger partial charge in [0.1, 0.15) is 16.5 Å². The minimum absolute atomic E-state index is 0.0536. The molecule has 0 fully saturated rings. The minimum Gasteiger partial charge on any atom is -0.383 e. The predicted octanol–water partition coefficient (Wildman–Crippen LogP) is 4.78. The average Bonchev–Trinajstić information content (AvgIpc) is 2.62. The topological polar surface area (TPSA) is 73.0 Å². The Labute approximate surface area is 165 Å². The van der Waals surface area contributed by atoms with Gasteiger partial charge in [0.05, 0.1) is 11.3 Å². The van der Waals surface area contributed by atoms with Gasteiger partial charge in [0, 0.05) is 27.9 Å². The van der Waals surface area contributed by atoms with Crippen LogP contribution in [-0.4, -0.2) is 13.4 Å². The second-order valence-corrected chi connectivity index (χ2v) is 7.43. The van der Waals surface area contributed by atoms with Gasteiger partial charge in [-0.15, -0.1) is 0 Å². The van der Waals surface area contributed by atoms with Crippen molar-refractivity contribution in [3.63, 3.8) is 0 Å². The Balaban J connectivity index is 2.00. The Morgan fingerprint density at radius 3 is 2.21 bits per heavy atom. The molecular formula is C19H14ClF3N2O2S. The van der Waals surface area contributed by atoms with E-state index < -0.39 is 22.4 Å². The summed E-state index contributed by atoms with van der Waals surface area (Å²) in [5.41, 5.74) is 7.87. The molecule has 1 heterocycles. The zero-order valence-corrected chi connectivity index (χ0v) is 15.9. The molecule has 0 radical (unpaired) electrons. The highest BCUT2D eigenvalue weighted by Gasteiger charge is 2.31. The summed E-state index contributed by atoms with van der Waals surface area (Å²) in [5.74, 6) is 0.0764. The molecule has 0 aliphatic rings. The monoisotopic (exact) mass is 426 g/mol. The van der Waals surface area contributed by atoms with Crippen LogP contribution >= 0.6 is 11.6 Å². The highest BCUT2D eigenvalue weighted by atomic mass is 35.5. The van der Waals surface area contributed by atoms with Gasteiger partial charge in [-0.3, -0.25) is 0 Å². The highest BCUT2D eigenvalue weighted by Crippen LogP contribution is 2.38. The number of aromatic nitrogens is 1. The Hall–Kier alpha value is -2.58.